The van der Waals surface area contributed by atoms with Gasteiger partial charge in [0, 0.05) is 11.4 Å². The van der Waals surface area contributed by atoms with E-state index in [1.807, 2.05) is 18.2 Å². The number of nitrogens with zero attached hydrogens (tertiary/aromatic N) is 1. The highest BCUT2D eigenvalue weighted by atomic mass is 35.5. The highest BCUT2D eigenvalue weighted by Gasteiger charge is 2.14. The minimum Gasteiger partial charge on any atom is -0.322 e. The fourth-order valence-electron chi connectivity index (χ4n) is 3.13. The first-order valence-corrected chi connectivity index (χ1v) is 12.2. The first-order valence-electron chi connectivity index (χ1n) is 9.98. The number of hydrogen-bond donors (Lipinski definition) is 1. The molecule has 0 radical (unpaired) electrons. The van der Waals surface area contributed by atoms with E-state index in [9.17, 15) is 4.79 Å². The van der Waals surface area contributed by atoms with Crippen LogP contribution in [0.3, 0.4) is 0 Å². The van der Waals surface area contributed by atoms with Crippen molar-refractivity contribution in [3.63, 3.8) is 0 Å². The molecule has 1 N–H and O–H groups in total. The Morgan fingerprint density at radius 1 is 1.06 bits per heavy atom. The second-order valence-corrected chi connectivity index (χ2v) is 11.0. The highest BCUT2D eigenvalue weighted by molar-refractivity contribution is 8.00. The fourth-order valence-corrected chi connectivity index (χ4v) is 5.42. The van der Waals surface area contributed by atoms with Crippen LogP contribution < -0.4 is 5.32 Å². The zero-order chi connectivity index (χ0) is 22.0. The molecular weight excluding hydrogens is 444 g/mol. The van der Waals surface area contributed by atoms with Crippen LogP contribution in [0.4, 0.5) is 5.69 Å². The number of amides is 1. The Morgan fingerprint density at radius 2 is 1.81 bits per heavy atom. The Hall–Kier alpha value is -2.34. The fraction of sp³-hybridized carbons (Fsp3) is 0.200. The summed E-state index contributed by atoms with van der Waals surface area (Å²) in [4.78, 5) is 17.2. The monoisotopic (exact) mass is 466 g/mol. The second kappa shape index (κ2) is 9.03. The Bertz CT molecular complexity index is 1230. The molecule has 0 aliphatic rings. The summed E-state index contributed by atoms with van der Waals surface area (Å²) in [5.74, 6) is 0.656. The number of nitrogens with one attached hydrogen (secondary N) is 1. The Balaban J connectivity index is 1.44. The van der Waals surface area contributed by atoms with E-state index in [1.54, 1.807) is 47.4 Å². The molecule has 3 nitrogen and oxygen atoms in total. The average molecular weight is 467 g/mol. The Morgan fingerprint density at radius 3 is 2.52 bits per heavy atom. The van der Waals surface area contributed by atoms with E-state index in [0.29, 0.717) is 10.6 Å². The summed E-state index contributed by atoms with van der Waals surface area (Å²) in [6, 6.07) is 21.6. The third-order valence-corrected chi connectivity index (χ3v) is 7.49. The SMILES string of the molecule is CC(C)(C)c1ccc(CSc2nc3ccc(NC(=O)c4ccccc4Cl)cc3s2)cc1. The summed E-state index contributed by atoms with van der Waals surface area (Å²) in [5.41, 5.74) is 4.92. The molecule has 4 rings (SSSR count). The number of aromatic nitrogens is 1. The number of benzene rings is 3. The van der Waals surface area contributed by atoms with Gasteiger partial charge in [0.25, 0.3) is 5.91 Å². The number of rotatable bonds is 5. The second-order valence-electron chi connectivity index (χ2n) is 8.33. The van der Waals surface area contributed by atoms with Gasteiger partial charge >= 0.3 is 0 Å². The van der Waals surface area contributed by atoms with Gasteiger partial charge in [-0.25, -0.2) is 4.98 Å². The number of halogens is 1. The minimum absolute atomic E-state index is 0.164. The molecule has 1 heterocycles. The normalized spacial score (nSPS) is 11.6. The molecule has 4 aromatic rings. The van der Waals surface area contributed by atoms with Gasteiger partial charge in [0.2, 0.25) is 0 Å². The lowest BCUT2D eigenvalue weighted by molar-refractivity contribution is 0.102. The summed E-state index contributed by atoms with van der Waals surface area (Å²) >= 11 is 9.50. The topological polar surface area (TPSA) is 42.0 Å². The van der Waals surface area contributed by atoms with Gasteiger partial charge in [-0.15, -0.1) is 11.3 Å². The van der Waals surface area contributed by atoms with E-state index >= 15 is 0 Å². The number of anilines is 1. The molecule has 0 aliphatic heterocycles. The lowest BCUT2D eigenvalue weighted by atomic mass is 9.87. The zero-order valence-corrected chi connectivity index (χ0v) is 20.0. The summed E-state index contributed by atoms with van der Waals surface area (Å²) < 4.78 is 2.06. The number of carbonyl (C=O) groups is 1. The molecule has 31 heavy (non-hydrogen) atoms. The van der Waals surface area contributed by atoms with Crippen molar-refractivity contribution < 1.29 is 4.79 Å². The first-order chi connectivity index (χ1) is 14.8. The van der Waals surface area contributed by atoms with Crippen molar-refractivity contribution in [3.05, 3.63) is 88.4 Å². The molecule has 0 saturated carbocycles. The van der Waals surface area contributed by atoms with Gasteiger partial charge in [-0.05, 0) is 46.9 Å². The van der Waals surface area contributed by atoms with Crippen LogP contribution in [0.1, 0.15) is 42.3 Å². The number of thiazole rings is 1. The predicted molar refractivity (Wildman–Crippen MR) is 134 cm³/mol. The maximum absolute atomic E-state index is 12.5. The van der Waals surface area contributed by atoms with E-state index in [1.165, 1.54) is 11.1 Å². The van der Waals surface area contributed by atoms with Crippen molar-refractivity contribution in [1.82, 2.24) is 4.98 Å². The maximum atomic E-state index is 12.5. The van der Waals surface area contributed by atoms with Gasteiger partial charge < -0.3 is 5.32 Å². The van der Waals surface area contributed by atoms with Gasteiger partial charge in [-0.1, -0.05) is 80.5 Å². The van der Waals surface area contributed by atoms with Gasteiger partial charge in [0.05, 0.1) is 20.8 Å². The van der Waals surface area contributed by atoms with Crippen molar-refractivity contribution >= 4 is 56.5 Å². The molecule has 0 saturated heterocycles. The standard InChI is InChI=1S/C25H23ClN2OS2/c1-25(2,3)17-10-8-16(9-11-17)15-30-24-28-21-13-12-18(14-22(21)31-24)27-23(29)19-6-4-5-7-20(19)26/h4-14H,15H2,1-3H3,(H,27,29). The summed E-state index contributed by atoms with van der Waals surface area (Å²) in [6.45, 7) is 6.68. The molecule has 0 fully saturated rings. The van der Waals surface area contributed by atoms with Crippen molar-refractivity contribution in [3.8, 4) is 0 Å². The minimum atomic E-state index is -0.220. The number of fused-ring (bicyclic) bond motifs is 1. The van der Waals surface area contributed by atoms with E-state index in [-0.39, 0.29) is 11.3 Å². The van der Waals surface area contributed by atoms with Gasteiger partial charge in [0.1, 0.15) is 0 Å². The summed E-state index contributed by atoms with van der Waals surface area (Å²) in [5, 5.41) is 3.36. The molecule has 1 aromatic heterocycles. The lowest BCUT2D eigenvalue weighted by Gasteiger charge is -2.19. The van der Waals surface area contributed by atoms with Crippen molar-refractivity contribution in [2.75, 3.05) is 5.32 Å². The van der Waals surface area contributed by atoms with Crippen LogP contribution in [0, 0.1) is 0 Å². The van der Waals surface area contributed by atoms with Crippen molar-refractivity contribution in [2.45, 2.75) is 36.3 Å². The van der Waals surface area contributed by atoms with E-state index in [4.69, 9.17) is 16.6 Å². The van der Waals surface area contributed by atoms with Crippen LogP contribution in [0.2, 0.25) is 5.02 Å². The molecule has 0 bridgehead atoms. The van der Waals surface area contributed by atoms with Gasteiger partial charge in [0.15, 0.2) is 4.34 Å². The van der Waals surface area contributed by atoms with Crippen molar-refractivity contribution in [1.29, 1.82) is 0 Å². The molecule has 3 aromatic carbocycles. The average Bonchev–Trinajstić information content (AvgIpc) is 3.14. The molecular formula is C25H23ClN2OS2. The number of thioether (sulfide) groups is 1. The van der Waals surface area contributed by atoms with Crippen LogP contribution in [-0.2, 0) is 11.2 Å². The van der Waals surface area contributed by atoms with Crippen LogP contribution in [0.5, 0.6) is 0 Å². The molecule has 1 amide bonds. The third kappa shape index (κ3) is 5.29. The van der Waals surface area contributed by atoms with Crippen LogP contribution in [0.25, 0.3) is 10.2 Å². The van der Waals surface area contributed by atoms with E-state index in [2.05, 4.69) is 50.4 Å². The van der Waals surface area contributed by atoms with Gasteiger partial charge in [-0.2, -0.15) is 0 Å². The zero-order valence-electron chi connectivity index (χ0n) is 17.6. The number of hydrogen-bond acceptors (Lipinski definition) is 4. The molecule has 158 valence electrons. The molecule has 6 heteroatoms. The maximum Gasteiger partial charge on any atom is 0.257 e. The molecule has 0 unspecified atom stereocenters. The van der Waals surface area contributed by atoms with E-state index in [0.717, 1.165) is 26.0 Å². The molecule has 0 spiro atoms. The largest absolute Gasteiger partial charge is 0.322 e. The van der Waals surface area contributed by atoms with Crippen molar-refractivity contribution in [2.24, 2.45) is 0 Å². The van der Waals surface area contributed by atoms with Crippen LogP contribution in [0.15, 0.2) is 71.1 Å². The Labute approximate surface area is 195 Å². The Kier molecular flexibility index (Phi) is 6.37. The van der Waals surface area contributed by atoms with Gasteiger partial charge in [-0.3, -0.25) is 4.79 Å². The van der Waals surface area contributed by atoms with Crippen LogP contribution >= 0.6 is 34.7 Å². The van der Waals surface area contributed by atoms with Crippen LogP contribution in [-0.4, -0.2) is 10.9 Å². The quantitative estimate of drug-likeness (QED) is 0.305. The third-order valence-electron chi connectivity index (χ3n) is 4.93. The summed E-state index contributed by atoms with van der Waals surface area (Å²) in [7, 11) is 0. The lowest BCUT2D eigenvalue weighted by Crippen LogP contribution is -2.12. The highest BCUT2D eigenvalue weighted by Crippen LogP contribution is 2.33. The summed E-state index contributed by atoms with van der Waals surface area (Å²) in [6.07, 6.45) is 0. The van der Waals surface area contributed by atoms with E-state index < -0.39 is 0 Å². The molecule has 0 atom stereocenters. The molecule has 0 aliphatic carbocycles. The smallest absolute Gasteiger partial charge is 0.257 e. The number of carbonyl (C=O) groups excluding carboxylic acids is 1. The predicted octanol–water partition coefficient (Wildman–Crippen LogP) is 7.79. The first kappa shape index (κ1) is 21.9.